The molecule has 0 radical (unpaired) electrons. The Morgan fingerprint density at radius 3 is 2.06 bits per heavy atom. The van der Waals surface area contributed by atoms with Crippen LogP contribution in [0.25, 0.3) is 85.3 Å². The second-order valence-corrected chi connectivity index (χ2v) is 14.7. The third kappa shape index (κ3) is 4.18. The lowest BCUT2D eigenvalue weighted by Crippen LogP contribution is -2.19. The van der Waals surface area contributed by atoms with Crippen molar-refractivity contribution in [2.75, 3.05) is 19.0 Å². The van der Waals surface area contributed by atoms with Crippen molar-refractivity contribution in [3.63, 3.8) is 0 Å². The zero-order chi connectivity index (χ0) is 34.3. The minimum atomic E-state index is -0.243. The van der Waals surface area contributed by atoms with E-state index < -0.39 is 0 Å². The van der Waals surface area contributed by atoms with E-state index in [1.807, 2.05) is 18.4 Å². The Labute approximate surface area is 303 Å². The number of nitrogens with zero attached hydrogens (tertiary/aromatic N) is 1. The van der Waals surface area contributed by atoms with Gasteiger partial charge in [-0.15, -0.1) is 11.3 Å². The van der Waals surface area contributed by atoms with Gasteiger partial charge in [0, 0.05) is 37.0 Å². The molecule has 0 aliphatic rings. The molecule has 0 aliphatic heterocycles. The summed E-state index contributed by atoms with van der Waals surface area (Å²) in [5.74, 6) is 0.775. The Balaban J connectivity index is 1.42. The zero-order valence-corrected chi connectivity index (χ0v) is 29.3. The summed E-state index contributed by atoms with van der Waals surface area (Å²) in [5, 5.41) is 20.7. The van der Waals surface area contributed by atoms with E-state index >= 15 is 0 Å². The Morgan fingerprint density at radius 2 is 1.23 bits per heavy atom. The highest BCUT2D eigenvalue weighted by Gasteiger charge is 2.32. The predicted octanol–water partition coefficient (Wildman–Crippen LogP) is 12.6. The molecule has 8 aromatic carbocycles. The Morgan fingerprint density at radius 1 is 0.577 bits per heavy atom. The maximum atomic E-state index is 6.74. The number of hydrogen-bond acceptors (Lipinski definition) is 4. The van der Waals surface area contributed by atoms with Crippen LogP contribution in [0.5, 0.6) is 0 Å². The molecular weight excluding hydrogens is 655 g/mol. The van der Waals surface area contributed by atoms with Crippen molar-refractivity contribution in [3.05, 3.63) is 163 Å². The van der Waals surface area contributed by atoms with Crippen molar-refractivity contribution < 1.29 is 4.42 Å². The van der Waals surface area contributed by atoms with Gasteiger partial charge in [-0.25, -0.2) is 0 Å². The maximum absolute atomic E-state index is 6.74. The molecule has 0 fully saturated rings. The SMILES string of the molecule is CNCNc1oc2ccccc2c1C(c1ccc2ccccc2c1)n1c2c3ccccc3ccc2c2c3ccccc3c3c4ccccc4sc3c21. The van der Waals surface area contributed by atoms with E-state index in [1.165, 1.54) is 79.9 Å². The molecule has 248 valence electrons. The van der Waals surface area contributed by atoms with Crippen LogP contribution in [0.3, 0.4) is 0 Å². The van der Waals surface area contributed by atoms with Crippen LogP contribution >= 0.6 is 11.3 Å². The smallest absolute Gasteiger partial charge is 0.200 e. The number of para-hydroxylation sites is 1. The third-order valence-corrected chi connectivity index (χ3v) is 12.0. The highest BCUT2D eigenvalue weighted by atomic mass is 32.1. The van der Waals surface area contributed by atoms with Gasteiger partial charge >= 0.3 is 0 Å². The van der Waals surface area contributed by atoms with Gasteiger partial charge in [-0.1, -0.05) is 133 Å². The predicted molar refractivity (Wildman–Crippen MR) is 222 cm³/mol. The normalized spacial score (nSPS) is 12.8. The van der Waals surface area contributed by atoms with Gasteiger partial charge in [-0.05, 0) is 57.7 Å². The van der Waals surface area contributed by atoms with Crippen LogP contribution in [-0.2, 0) is 0 Å². The van der Waals surface area contributed by atoms with Crippen LogP contribution in [0.2, 0.25) is 0 Å². The van der Waals surface area contributed by atoms with Crippen LogP contribution in [0.4, 0.5) is 5.88 Å². The lowest BCUT2D eigenvalue weighted by Gasteiger charge is -2.24. The molecule has 1 atom stereocenters. The summed E-state index contributed by atoms with van der Waals surface area (Å²) in [7, 11) is 1.96. The molecule has 0 saturated carbocycles. The molecule has 2 N–H and O–H groups in total. The minimum absolute atomic E-state index is 0.243. The van der Waals surface area contributed by atoms with E-state index in [4.69, 9.17) is 4.42 Å². The molecule has 0 amide bonds. The van der Waals surface area contributed by atoms with Crippen molar-refractivity contribution in [2.24, 2.45) is 0 Å². The van der Waals surface area contributed by atoms with Gasteiger partial charge in [0.2, 0.25) is 5.88 Å². The van der Waals surface area contributed by atoms with Crippen LogP contribution in [0.1, 0.15) is 17.2 Å². The Bertz CT molecular complexity index is 3200. The number of rotatable bonds is 6. The molecule has 0 spiro atoms. The Hall–Kier alpha value is -6.14. The first-order valence-electron chi connectivity index (χ1n) is 17.8. The standard InChI is InChI=1S/C47H33N3OS/c1-48-27-49-47-42(35-18-8-10-20-38(35)51-47)43(31-23-22-28-12-2-3-14-30(28)26-31)50-44-32-15-5-4-13-29(32)24-25-37(44)40-33-16-6-7-17-34(33)41-36-19-9-11-21-39(36)52-46(41)45(40)50/h2-26,43,48-49H,27H2,1H3. The number of nitrogens with one attached hydrogen (secondary N) is 2. The van der Waals surface area contributed by atoms with E-state index in [9.17, 15) is 0 Å². The number of benzene rings is 8. The second-order valence-electron chi connectivity index (χ2n) is 13.7. The molecule has 52 heavy (non-hydrogen) atoms. The number of furan rings is 1. The van der Waals surface area contributed by atoms with E-state index in [2.05, 4.69) is 167 Å². The van der Waals surface area contributed by atoms with Crippen LogP contribution < -0.4 is 10.6 Å². The summed E-state index contributed by atoms with van der Waals surface area (Å²) in [6, 6.07) is 55.3. The summed E-state index contributed by atoms with van der Waals surface area (Å²) >= 11 is 1.91. The second kappa shape index (κ2) is 11.4. The van der Waals surface area contributed by atoms with Crippen molar-refractivity contribution in [2.45, 2.75) is 6.04 Å². The molecule has 0 aliphatic carbocycles. The fraction of sp³-hybridized carbons (Fsp3) is 0.0638. The number of fused-ring (bicyclic) bond motifs is 14. The Kier molecular flexibility index (Phi) is 6.51. The first-order chi connectivity index (χ1) is 25.8. The number of anilines is 1. The molecule has 3 aromatic heterocycles. The van der Waals surface area contributed by atoms with Crippen molar-refractivity contribution >= 4 is 102 Å². The van der Waals surface area contributed by atoms with Crippen LogP contribution in [0.15, 0.2) is 156 Å². The van der Waals surface area contributed by atoms with Gasteiger partial charge in [0.05, 0.1) is 34.0 Å². The fourth-order valence-electron chi connectivity index (χ4n) is 8.69. The van der Waals surface area contributed by atoms with Crippen molar-refractivity contribution in [3.8, 4) is 0 Å². The first kappa shape index (κ1) is 29.6. The van der Waals surface area contributed by atoms with Crippen LogP contribution in [0, 0.1) is 0 Å². The summed E-state index contributed by atoms with van der Waals surface area (Å²) in [4.78, 5) is 0. The monoisotopic (exact) mass is 687 g/mol. The largest absolute Gasteiger partial charge is 0.440 e. The molecule has 3 heterocycles. The number of thiophene rings is 1. The van der Waals surface area contributed by atoms with E-state index in [0.29, 0.717) is 6.67 Å². The average Bonchev–Trinajstić information content (AvgIpc) is 3.88. The van der Waals surface area contributed by atoms with Gasteiger partial charge in [0.15, 0.2) is 0 Å². The number of hydrogen-bond donors (Lipinski definition) is 2. The molecule has 0 bridgehead atoms. The third-order valence-electron chi connectivity index (χ3n) is 10.8. The minimum Gasteiger partial charge on any atom is -0.440 e. The lowest BCUT2D eigenvalue weighted by molar-refractivity contribution is 0.608. The van der Waals surface area contributed by atoms with Gasteiger partial charge in [0.25, 0.3) is 0 Å². The van der Waals surface area contributed by atoms with Gasteiger partial charge in [0.1, 0.15) is 5.58 Å². The maximum Gasteiger partial charge on any atom is 0.200 e. The molecule has 5 heteroatoms. The average molecular weight is 688 g/mol. The summed E-state index contributed by atoms with van der Waals surface area (Å²) in [6.07, 6.45) is 0. The van der Waals surface area contributed by atoms with Crippen molar-refractivity contribution in [1.29, 1.82) is 0 Å². The number of aromatic nitrogens is 1. The summed E-state index contributed by atoms with van der Waals surface area (Å²) in [6.45, 7) is 0.568. The zero-order valence-electron chi connectivity index (χ0n) is 28.5. The van der Waals surface area contributed by atoms with Gasteiger partial charge in [-0.2, -0.15) is 0 Å². The summed E-state index contributed by atoms with van der Waals surface area (Å²) in [5.41, 5.74) is 5.67. The van der Waals surface area contributed by atoms with Crippen molar-refractivity contribution in [1.82, 2.24) is 9.88 Å². The molecule has 1 unspecified atom stereocenters. The van der Waals surface area contributed by atoms with E-state index in [0.717, 1.165) is 22.4 Å². The molecule has 0 saturated heterocycles. The lowest BCUT2D eigenvalue weighted by atomic mass is 9.94. The topological polar surface area (TPSA) is 42.1 Å². The quantitative estimate of drug-likeness (QED) is 0.171. The van der Waals surface area contributed by atoms with E-state index in [-0.39, 0.29) is 6.04 Å². The van der Waals surface area contributed by atoms with Gasteiger partial charge < -0.3 is 19.6 Å². The molecular formula is C47H33N3OS. The molecule has 11 aromatic rings. The fourth-order valence-corrected chi connectivity index (χ4v) is 9.95. The van der Waals surface area contributed by atoms with E-state index in [1.54, 1.807) is 0 Å². The molecule has 11 rings (SSSR count). The summed E-state index contributed by atoms with van der Waals surface area (Å²) < 4.78 is 12.0. The first-order valence-corrected chi connectivity index (χ1v) is 18.7. The highest BCUT2D eigenvalue weighted by Crippen LogP contribution is 2.52. The molecule has 4 nitrogen and oxygen atoms in total. The van der Waals surface area contributed by atoms with Gasteiger partial charge in [-0.3, -0.25) is 0 Å². The highest BCUT2D eigenvalue weighted by molar-refractivity contribution is 7.27. The van der Waals surface area contributed by atoms with Crippen LogP contribution in [-0.4, -0.2) is 18.3 Å².